The number of carbonyl (C=O) groups excluding carboxylic acids is 1. The third kappa shape index (κ3) is 2.81. The van der Waals surface area contributed by atoms with E-state index in [4.69, 9.17) is 11.6 Å². The fourth-order valence-electron chi connectivity index (χ4n) is 1.56. The fraction of sp³-hybridized carbons (Fsp3) is 0.167. The molecule has 0 fully saturated rings. The Labute approximate surface area is 109 Å². The van der Waals surface area contributed by atoms with Gasteiger partial charge in [-0.3, -0.25) is 4.79 Å². The number of aromatic hydroxyl groups is 1. The van der Waals surface area contributed by atoms with Crippen molar-refractivity contribution < 1.29 is 9.90 Å². The van der Waals surface area contributed by atoms with Gasteiger partial charge in [-0.05, 0) is 42.3 Å². The van der Waals surface area contributed by atoms with E-state index in [1.165, 1.54) is 16.8 Å². The van der Waals surface area contributed by atoms with Crippen LogP contribution < -0.4 is 5.32 Å². The first-order chi connectivity index (χ1) is 8.56. The van der Waals surface area contributed by atoms with Crippen molar-refractivity contribution in [1.82, 2.24) is 9.55 Å². The summed E-state index contributed by atoms with van der Waals surface area (Å²) in [6.45, 7) is 1.90. The molecule has 6 heteroatoms. The summed E-state index contributed by atoms with van der Waals surface area (Å²) in [4.78, 5) is 15.6. The van der Waals surface area contributed by atoms with Gasteiger partial charge < -0.3 is 15.0 Å². The molecule has 5 nitrogen and oxygen atoms in total. The summed E-state index contributed by atoms with van der Waals surface area (Å²) in [5, 5.41) is 12.3. The molecule has 18 heavy (non-hydrogen) atoms. The second-order valence-corrected chi connectivity index (χ2v) is 4.21. The Bertz CT molecular complexity index is 580. The van der Waals surface area contributed by atoms with E-state index in [0.717, 1.165) is 5.56 Å². The molecule has 0 radical (unpaired) electrons. The zero-order valence-corrected chi connectivity index (χ0v) is 10.5. The summed E-state index contributed by atoms with van der Waals surface area (Å²) >= 11 is 5.78. The number of benzene rings is 1. The van der Waals surface area contributed by atoms with Gasteiger partial charge in [0.1, 0.15) is 12.3 Å². The predicted molar refractivity (Wildman–Crippen MR) is 68.7 cm³/mol. The van der Waals surface area contributed by atoms with E-state index in [1.807, 2.05) is 0 Å². The normalized spacial score (nSPS) is 10.3. The lowest BCUT2D eigenvalue weighted by Gasteiger charge is -2.09. The Morgan fingerprint density at radius 1 is 1.56 bits per heavy atom. The molecule has 1 heterocycles. The highest BCUT2D eigenvalue weighted by molar-refractivity contribution is 6.28. The summed E-state index contributed by atoms with van der Waals surface area (Å²) in [6.07, 6.45) is 3.16. The van der Waals surface area contributed by atoms with E-state index in [2.05, 4.69) is 10.3 Å². The number of amides is 1. The topological polar surface area (TPSA) is 67.2 Å². The van der Waals surface area contributed by atoms with Crippen LogP contribution >= 0.6 is 11.6 Å². The number of carbonyl (C=O) groups is 1. The van der Waals surface area contributed by atoms with Gasteiger partial charge in [-0.2, -0.15) is 0 Å². The lowest BCUT2D eigenvalue weighted by molar-refractivity contribution is -0.116. The summed E-state index contributed by atoms with van der Waals surface area (Å²) in [5.74, 6) is -0.0353. The van der Waals surface area contributed by atoms with Crippen molar-refractivity contribution >= 4 is 23.2 Å². The van der Waals surface area contributed by atoms with Crippen LogP contribution in [-0.4, -0.2) is 20.6 Å². The number of halogens is 1. The molecule has 0 bridgehead atoms. The van der Waals surface area contributed by atoms with E-state index in [9.17, 15) is 9.90 Å². The van der Waals surface area contributed by atoms with Gasteiger partial charge in [-0.1, -0.05) is 0 Å². The van der Waals surface area contributed by atoms with Crippen LogP contribution in [0.5, 0.6) is 5.75 Å². The molecule has 1 aromatic heterocycles. The molecule has 0 aliphatic rings. The van der Waals surface area contributed by atoms with E-state index >= 15 is 0 Å². The smallest absolute Gasteiger partial charge is 0.244 e. The van der Waals surface area contributed by atoms with Crippen molar-refractivity contribution in [3.63, 3.8) is 0 Å². The van der Waals surface area contributed by atoms with Crippen molar-refractivity contribution in [2.75, 3.05) is 5.32 Å². The highest BCUT2D eigenvalue weighted by Crippen LogP contribution is 2.20. The van der Waals surface area contributed by atoms with Gasteiger partial charge in [0.05, 0.1) is 0 Å². The number of phenols is 1. The first-order valence-electron chi connectivity index (χ1n) is 5.32. The largest absolute Gasteiger partial charge is 0.508 e. The maximum atomic E-state index is 11.8. The van der Waals surface area contributed by atoms with E-state index in [0.29, 0.717) is 5.69 Å². The standard InChI is InChI=1S/C12H12ClN3O2/c1-8-6-9(17)2-3-10(8)15-11(18)7-16-5-4-14-12(16)13/h2-6,17H,7H2,1H3,(H,15,18). The number of rotatable bonds is 3. The number of imidazole rings is 1. The maximum Gasteiger partial charge on any atom is 0.244 e. The molecule has 1 aromatic carbocycles. The van der Waals surface area contributed by atoms with Gasteiger partial charge >= 0.3 is 0 Å². The van der Waals surface area contributed by atoms with Gasteiger partial charge in [-0.25, -0.2) is 4.98 Å². The molecule has 1 amide bonds. The summed E-state index contributed by atoms with van der Waals surface area (Å²) in [7, 11) is 0. The van der Waals surface area contributed by atoms with E-state index in [1.54, 1.807) is 25.3 Å². The first kappa shape index (κ1) is 12.4. The van der Waals surface area contributed by atoms with Gasteiger partial charge in [0.2, 0.25) is 11.2 Å². The summed E-state index contributed by atoms with van der Waals surface area (Å²) < 4.78 is 1.53. The molecule has 0 aliphatic heterocycles. The molecule has 0 spiro atoms. The first-order valence-corrected chi connectivity index (χ1v) is 5.70. The van der Waals surface area contributed by atoms with Crippen LogP contribution in [0, 0.1) is 6.92 Å². The second kappa shape index (κ2) is 5.10. The van der Waals surface area contributed by atoms with Gasteiger partial charge in [0.25, 0.3) is 0 Å². The number of nitrogens with one attached hydrogen (secondary N) is 1. The molecular weight excluding hydrogens is 254 g/mol. The van der Waals surface area contributed by atoms with Crippen LogP contribution in [0.15, 0.2) is 30.6 Å². The van der Waals surface area contributed by atoms with E-state index in [-0.39, 0.29) is 23.5 Å². The zero-order chi connectivity index (χ0) is 13.1. The number of hydrogen-bond acceptors (Lipinski definition) is 3. The fourth-order valence-corrected chi connectivity index (χ4v) is 1.73. The molecule has 0 aliphatic carbocycles. The van der Waals surface area contributed by atoms with Crippen molar-refractivity contribution in [3.8, 4) is 5.75 Å². The Balaban J connectivity index is 2.05. The molecule has 2 rings (SSSR count). The van der Waals surface area contributed by atoms with Crippen LogP contribution in [0.25, 0.3) is 0 Å². The second-order valence-electron chi connectivity index (χ2n) is 3.87. The van der Waals surface area contributed by atoms with Crippen molar-refractivity contribution in [2.24, 2.45) is 0 Å². The number of phenolic OH excluding ortho intramolecular Hbond substituents is 1. The Morgan fingerprint density at radius 2 is 2.33 bits per heavy atom. The molecule has 0 saturated heterocycles. The molecule has 94 valence electrons. The average Bonchev–Trinajstić information content (AvgIpc) is 2.69. The van der Waals surface area contributed by atoms with Crippen molar-refractivity contribution in [1.29, 1.82) is 0 Å². The Kier molecular flexibility index (Phi) is 3.53. The number of hydrogen-bond donors (Lipinski definition) is 2. The van der Waals surface area contributed by atoms with Gasteiger partial charge in [-0.15, -0.1) is 0 Å². The molecule has 0 atom stereocenters. The minimum absolute atomic E-state index is 0.0964. The highest BCUT2D eigenvalue weighted by atomic mass is 35.5. The van der Waals surface area contributed by atoms with Crippen LogP contribution in [0.2, 0.25) is 5.28 Å². The molecule has 0 saturated carbocycles. The van der Waals surface area contributed by atoms with Gasteiger partial charge in [0, 0.05) is 18.1 Å². The highest BCUT2D eigenvalue weighted by Gasteiger charge is 2.08. The Hall–Kier alpha value is -2.01. The SMILES string of the molecule is Cc1cc(O)ccc1NC(=O)Cn1ccnc1Cl. The Morgan fingerprint density at radius 3 is 2.94 bits per heavy atom. The minimum atomic E-state index is -0.205. The lowest BCUT2D eigenvalue weighted by atomic mass is 10.2. The average molecular weight is 266 g/mol. The third-order valence-electron chi connectivity index (χ3n) is 2.46. The summed E-state index contributed by atoms with van der Waals surface area (Å²) in [6, 6.07) is 4.75. The van der Waals surface area contributed by atoms with E-state index < -0.39 is 0 Å². The van der Waals surface area contributed by atoms with Crippen LogP contribution in [-0.2, 0) is 11.3 Å². The number of aromatic nitrogens is 2. The monoisotopic (exact) mass is 265 g/mol. The summed E-state index contributed by atoms with van der Waals surface area (Å²) in [5.41, 5.74) is 1.45. The number of nitrogens with zero attached hydrogens (tertiary/aromatic N) is 2. The maximum absolute atomic E-state index is 11.8. The molecular formula is C12H12ClN3O2. The third-order valence-corrected chi connectivity index (χ3v) is 2.78. The number of aryl methyl sites for hydroxylation is 1. The zero-order valence-electron chi connectivity index (χ0n) is 9.72. The predicted octanol–water partition coefficient (Wildman–Crippen LogP) is 2.19. The van der Waals surface area contributed by atoms with Crippen molar-refractivity contribution in [3.05, 3.63) is 41.4 Å². The molecule has 2 aromatic rings. The van der Waals surface area contributed by atoms with Crippen LogP contribution in [0.3, 0.4) is 0 Å². The molecule has 0 unspecified atom stereocenters. The minimum Gasteiger partial charge on any atom is -0.508 e. The van der Waals surface area contributed by atoms with Crippen LogP contribution in [0.4, 0.5) is 5.69 Å². The van der Waals surface area contributed by atoms with Crippen molar-refractivity contribution in [2.45, 2.75) is 13.5 Å². The lowest BCUT2D eigenvalue weighted by Crippen LogP contribution is -2.18. The van der Waals surface area contributed by atoms with Crippen LogP contribution in [0.1, 0.15) is 5.56 Å². The molecule has 2 N–H and O–H groups in total. The van der Waals surface area contributed by atoms with Gasteiger partial charge in [0.15, 0.2) is 0 Å². The quantitative estimate of drug-likeness (QED) is 0.836. The number of anilines is 1.